The molecule has 0 atom stereocenters. The van der Waals surface area contributed by atoms with Crippen molar-refractivity contribution in [3.8, 4) is 0 Å². The first-order valence-electron chi connectivity index (χ1n) is 9.83. The Labute approximate surface area is 169 Å². The number of hydrogen-bond acceptors (Lipinski definition) is 9. The van der Waals surface area contributed by atoms with Crippen molar-refractivity contribution in [3.63, 3.8) is 0 Å². The summed E-state index contributed by atoms with van der Waals surface area (Å²) in [5.41, 5.74) is 0. The van der Waals surface area contributed by atoms with Gasteiger partial charge in [0, 0.05) is 6.54 Å². The van der Waals surface area contributed by atoms with E-state index in [1.807, 2.05) is 7.05 Å². The summed E-state index contributed by atoms with van der Waals surface area (Å²) in [6, 6.07) is 0. The van der Waals surface area contributed by atoms with E-state index in [1.165, 1.54) is 6.26 Å². The molecule has 28 heavy (non-hydrogen) atoms. The highest BCUT2D eigenvalue weighted by molar-refractivity contribution is 4.47. The van der Waals surface area contributed by atoms with Crippen LogP contribution in [0.4, 0.5) is 0 Å². The van der Waals surface area contributed by atoms with E-state index in [-0.39, 0.29) is 0 Å². The Kier molecular flexibility index (Phi) is 25.5. The number of hydrogen-bond donors (Lipinski definition) is 1. The van der Waals surface area contributed by atoms with E-state index in [0.29, 0.717) is 99.1 Å². The summed E-state index contributed by atoms with van der Waals surface area (Å²) < 4.78 is 42.5. The highest BCUT2D eigenvalue weighted by atomic mass is 16.6. The summed E-state index contributed by atoms with van der Waals surface area (Å²) in [7, 11) is 1.90. The van der Waals surface area contributed by atoms with Crippen molar-refractivity contribution in [3.05, 3.63) is 12.8 Å². The third-order valence-electron chi connectivity index (χ3n) is 3.19. The van der Waals surface area contributed by atoms with E-state index < -0.39 is 0 Å². The van der Waals surface area contributed by atoms with Crippen LogP contribution in [0.15, 0.2) is 12.8 Å². The maximum absolute atomic E-state index is 5.41. The Bertz CT molecular complexity index is 297. The van der Waals surface area contributed by atoms with Gasteiger partial charge in [-0.1, -0.05) is 6.58 Å². The fourth-order valence-corrected chi connectivity index (χ4v) is 1.79. The van der Waals surface area contributed by atoms with Gasteiger partial charge in [-0.15, -0.1) is 0 Å². The molecule has 0 unspecified atom stereocenters. The van der Waals surface area contributed by atoms with E-state index >= 15 is 0 Å². The zero-order valence-corrected chi connectivity index (χ0v) is 17.4. The SMILES string of the molecule is C=COCCOCCOCCOCCOCCOCCOCCOCCNC. The molecule has 0 aromatic carbocycles. The van der Waals surface area contributed by atoms with E-state index in [1.54, 1.807) is 0 Å². The number of likely N-dealkylation sites (N-methyl/N-ethyl adjacent to an activating group) is 1. The molecule has 0 aromatic heterocycles. The van der Waals surface area contributed by atoms with Gasteiger partial charge < -0.3 is 43.2 Å². The lowest BCUT2D eigenvalue weighted by molar-refractivity contribution is -0.0215. The van der Waals surface area contributed by atoms with Gasteiger partial charge in [0.2, 0.25) is 0 Å². The third kappa shape index (κ3) is 25.2. The van der Waals surface area contributed by atoms with Crippen LogP contribution < -0.4 is 5.32 Å². The maximum atomic E-state index is 5.41. The van der Waals surface area contributed by atoms with Crippen molar-refractivity contribution in [1.82, 2.24) is 5.32 Å². The van der Waals surface area contributed by atoms with Crippen LogP contribution in [0.1, 0.15) is 0 Å². The average molecular weight is 410 g/mol. The summed E-state index contributed by atoms with van der Waals surface area (Å²) in [6.07, 6.45) is 1.40. The Balaban J connectivity index is 2.97. The molecule has 0 saturated heterocycles. The number of nitrogens with one attached hydrogen (secondary N) is 1. The standard InChI is InChI=1S/C19H39NO8/c1-3-21-6-7-23-10-11-25-14-15-27-18-19-28-17-16-26-13-12-24-9-8-22-5-4-20-2/h3,20H,1,4-19H2,2H3. The predicted molar refractivity (Wildman–Crippen MR) is 106 cm³/mol. The summed E-state index contributed by atoms with van der Waals surface area (Å²) in [6.45, 7) is 12.7. The molecular formula is C19H39NO8. The monoisotopic (exact) mass is 409 g/mol. The fourth-order valence-electron chi connectivity index (χ4n) is 1.79. The van der Waals surface area contributed by atoms with Gasteiger partial charge in [0.05, 0.1) is 98.8 Å². The largest absolute Gasteiger partial charge is 0.499 e. The van der Waals surface area contributed by atoms with Gasteiger partial charge in [0.15, 0.2) is 0 Å². The summed E-state index contributed by atoms with van der Waals surface area (Å²) in [4.78, 5) is 0. The number of rotatable bonds is 25. The van der Waals surface area contributed by atoms with Gasteiger partial charge in [-0.25, -0.2) is 0 Å². The molecular weight excluding hydrogens is 370 g/mol. The van der Waals surface area contributed by atoms with Crippen LogP contribution in [-0.2, 0) is 37.9 Å². The highest BCUT2D eigenvalue weighted by Gasteiger charge is 1.94. The Morgan fingerprint density at radius 3 is 1.07 bits per heavy atom. The van der Waals surface area contributed by atoms with Gasteiger partial charge in [-0.05, 0) is 7.05 Å². The van der Waals surface area contributed by atoms with Crippen molar-refractivity contribution in [2.45, 2.75) is 0 Å². The van der Waals surface area contributed by atoms with Gasteiger partial charge in [-0.2, -0.15) is 0 Å². The van der Waals surface area contributed by atoms with Gasteiger partial charge in [0.25, 0.3) is 0 Å². The second-order valence-corrected chi connectivity index (χ2v) is 5.43. The zero-order valence-electron chi connectivity index (χ0n) is 17.4. The molecule has 0 fully saturated rings. The van der Waals surface area contributed by atoms with E-state index in [0.717, 1.165) is 6.54 Å². The molecule has 0 aliphatic heterocycles. The van der Waals surface area contributed by atoms with Gasteiger partial charge >= 0.3 is 0 Å². The lowest BCUT2D eigenvalue weighted by Crippen LogP contribution is -2.17. The van der Waals surface area contributed by atoms with Crippen molar-refractivity contribution in [1.29, 1.82) is 0 Å². The van der Waals surface area contributed by atoms with Crippen molar-refractivity contribution >= 4 is 0 Å². The number of ether oxygens (including phenoxy) is 8. The van der Waals surface area contributed by atoms with Crippen LogP contribution in [0.3, 0.4) is 0 Å². The van der Waals surface area contributed by atoms with Crippen LogP contribution in [0.5, 0.6) is 0 Å². The van der Waals surface area contributed by atoms with Gasteiger partial charge in [0.1, 0.15) is 6.61 Å². The fraction of sp³-hybridized carbons (Fsp3) is 0.895. The van der Waals surface area contributed by atoms with E-state index in [9.17, 15) is 0 Å². The second-order valence-electron chi connectivity index (χ2n) is 5.43. The Morgan fingerprint density at radius 1 is 0.500 bits per heavy atom. The lowest BCUT2D eigenvalue weighted by Gasteiger charge is -2.08. The van der Waals surface area contributed by atoms with Crippen LogP contribution in [0.25, 0.3) is 0 Å². The lowest BCUT2D eigenvalue weighted by atomic mass is 10.6. The van der Waals surface area contributed by atoms with Crippen LogP contribution in [0, 0.1) is 0 Å². The third-order valence-corrected chi connectivity index (χ3v) is 3.19. The molecule has 0 saturated carbocycles. The first-order valence-corrected chi connectivity index (χ1v) is 9.83. The topological polar surface area (TPSA) is 85.9 Å². The summed E-state index contributed by atoms with van der Waals surface area (Å²) >= 11 is 0. The Morgan fingerprint density at radius 2 is 0.786 bits per heavy atom. The molecule has 9 nitrogen and oxygen atoms in total. The molecule has 0 spiro atoms. The van der Waals surface area contributed by atoms with E-state index in [4.69, 9.17) is 37.9 Å². The predicted octanol–water partition coefficient (Wildman–Crippen LogP) is 0.482. The first-order chi connectivity index (χ1) is 13.9. The smallest absolute Gasteiger partial charge is 0.111 e. The molecule has 0 aliphatic rings. The molecule has 0 bridgehead atoms. The minimum Gasteiger partial charge on any atom is -0.499 e. The van der Waals surface area contributed by atoms with E-state index in [2.05, 4.69) is 11.9 Å². The minimum absolute atomic E-state index is 0.512. The molecule has 0 radical (unpaired) electrons. The van der Waals surface area contributed by atoms with Crippen LogP contribution in [-0.4, -0.2) is 113 Å². The Hall–Kier alpha value is -0.780. The second kappa shape index (κ2) is 26.2. The molecule has 0 amide bonds. The maximum Gasteiger partial charge on any atom is 0.111 e. The average Bonchev–Trinajstić information content (AvgIpc) is 2.71. The molecule has 168 valence electrons. The van der Waals surface area contributed by atoms with Crippen molar-refractivity contribution in [2.24, 2.45) is 0 Å². The van der Waals surface area contributed by atoms with Crippen molar-refractivity contribution in [2.75, 3.05) is 113 Å². The molecule has 9 heteroatoms. The minimum atomic E-state index is 0.512. The van der Waals surface area contributed by atoms with Crippen molar-refractivity contribution < 1.29 is 37.9 Å². The molecule has 0 heterocycles. The molecule has 1 N–H and O–H groups in total. The first kappa shape index (κ1) is 27.2. The quantitative estimate of drug-likeness (QED) is 0.171. The normalized spacial score (nSPS) is 11.0. The summed E-state index contributed by atoms with van der Waals surface area (Å²) in [5, 5.41) is 3.01. The highest BCUT2D eigenvalue weighted by Crippen LogP contribution is 1.85. The van der Waals surface area contributed by atoms with Crippen LogP contribution >= 0.6 is 0 Å². The molecule has 0 rings (SSSR count). The molecule has 0 aliphatic carbocycles. The zero-order chi connectivity index (χ0) is 20.4. The van der Waals surface area contributed by atoms with Crippen LogP contribution in [0.2, 0.25) is 0 Å². The van der Waals surface area contributed by atoms with Gasteiger partial charge in [-0.3, -0.25) is 0 Å². The molecule has 0 aromatic rings. The summed E-state index contributed by atoms with van der Waals surface area (Å²) in [5.74, 6) is 0.